The average molecular weight is 369 g/mol. The quantitative estimate of drug-likeness (QED) is 0.394. The van der Waals surface area contributed by atoms with Crippen LogP contribution in [-0.2, 0) is 32.1 Å². The van der Waals surface area contributed by atoms with Gasteiger partial charge in [-0.1, -0.05) is 67.1 Å². The maximum Gasteiger partial charge on any atom is 0.338 e. The van der Waals surface area contributed by atoms with Crippen molar-refractivity contribution in [3.05, 3.63) is 71.8 Å². The van der Waals surface area contributed by atoms with Gasteiger partial charge in [0.15, 0.2) is 0 Å². The van der Waals surface area contributed by atoms with Crippen LogP contribution in [0.5, 0.6) is 0 Å². The van der Waals surface area contributed by atoms with Crippen LogP contribution in [-0.4, -0.2) is 24.1 Å². The molecular formula is C22H27NO4. The minimum atomic E-state index is -1.78. The lowest BCUT2D eigenvalue weighted by Crippen LogP contribution is -2.56. The average Bonchev–Trinajstić information content (AvgIpc) is 2.71. The fourth-order valence-corrected chi connectivity index (χ4v) is 2.78. The van der Waals surface area contributed by atoms with E-state index in [4.69, 9.17) is 15.2 Å². The zero-order chi connectivity index (χ0) is 19.5. The third-order valence-electron chi connectivity index (χ3n) is 4.35. The molecule has 0 saturated carbocycles. The van der Waals surface area contributed by atoms with Crippen LogP contribution >= 0.6 is 0 Å². The van der Waals surface area contributed by atoms with E-state index < -0.39 is 17.5 Å². The van der Waals surface area contributed by atoms with Gasteiger partial charge < -0.3 is 15.2 Å². The van der Waals surface area contributed by atoms with E-state index in [0.29, 0.717) is 6.42 Å². The highest BCUT2D eigenvalue weighted by Crippen LogP contribution is 2.18. The summed E-state index contributed by atoms with van der Waals surface area (Å²) >= 11 is 0. The van der Waals surface area contributed by atoms with Gasteiger partial charge in [0.1, 0.15) is 6.61 Å². The first-order chi connectivity index (χ1) is 13.1. The molecular weight excluding hydrogens is 342 g/mol. The van der Waals surface area contributed by atoms with Crippen LogP contribution in [0.4, 0.5) is 0 Å². The van der Waals surface area contributed by atoms with Crippen molar-refractivity contribution >= 4 is 11.9 Å². The predicted octanol–water partition coefficient (Wildman–Crippen LogP) is 3.40. The van der Waals surface area contributed by atoms with Crippen molar-refractivity contribution in [3.63, 3.8) is 0 Å². The van der Waals surface area contributed by atoms with Crippen molar-refractivity contribution in [2.75, 3.05) is 6.61 Å². The summed E-state index contributed by atoms with van der Waals surface area (Å²) in [5, 5.41) is 0. The summed E-state index contributed by atoms with van der Waals surface area (Å²) in [5.41, 5.74) is 6.43. The Morgan fingerprint density at radius 3 is 2.00 bits per heavy atom. The molecule has 2 rings (SSSR count). The number of ether oxygens (including phenoxy) is 2. The van der Waals surface area contributed by atoms with E-state index in [9.17, 15) is 9.59 Å². The number of benzene rings is 2. The highest BCUT2D eigenvalue weighted by molar-refractivity contribution is 6.04. The van der Waals surface area contributed by atoms with Crippen LogP contribution in [0.2, 0.25) is 0 Å². The molecule has 27 heavy (non-hydrogen) atoms. The molecule has 0 spiro atoms. The molecule has 0 radical (unpaired) electrons. The predicted molar refractivity (Wildman–Crippen MR) is 104 cm³/mol. The van der Waals surface area contributed by atoms with Crippen molar-refractivity contribution < 1.29 is 19.1 Å². The van der Waals surface area contributed by atoms with Gasteiger partial charge in [-0.3, -0.25) is 0 Å². The zero-order valence-electron chi connectivity index (χ0n) is 15.7. The molecule has 1 atom stereocenters. The minimum Gasteiger partial charge on any atom is -0.464 e. The van der Waals surface area contributed by atoms with Crippen LogP contribution in [0.3, 0.4) is 0 Å². The number of carbonyl (C=O) groups excluding carboxylic acids is 2. The molecule has 0 aromatic heterocycles. The van der Waals surface area contributed by atoms with Crippen LogP contribution in [0.25, 0.3) is 0 Å². The fraction of sp³-hybridized carbons (Fsp3) is 0.364. The van der Waals surface area contributed by atoms with Gasteiger partial charge in [0, 0.05) is 0 Å². The SMILES string of the molecule is CCOC(=O)C(N)(CCCCc1ccccc1)C(=O)OCc1ccccc1. The molecule has 1 unspecified atom stereocenters. The second kappa shape index (κ2) is 10.5. The summed E-state index contributed by atoms with van der Waals surface area (Å²) in [7, 11) is 0. The third-order valence-corrected chi connectivity index (χ3v) is 4.35. The summed E-state index contributed by atoms with van der Waals surface area (Å²) in [5.74, 6) is -1.48. The van der Waals surface area contributed by atoms with E-state index in [1.807, 2.05) is 48.5 Å². The number of unbranched alkanes of at least 4 members (excludes halogenated alkanes) is 1. The van der Waals surface area contributed by atoms with Gasteiger partial charge in [-0.25, -0.2) is 9.59 Å². The summed E-state index contributed by atoms with van der Waals surface area (Å²) < 4.78 is 10.3. The number of hydrogen-bond acceptors (Lipinski definition) is 5. The standard InChI is InChI=1S/C22H27NO4/c1-2-26-20(24)22(23,16-10-9-13-18-11-5-3-6-12-18)21(25)27-17-19-14-7-4-8-15-19/h3-8,11-12,14-15H,2,9-10,13,16-17,23H2,1H3. The summed E-state index contributed by atoms with van der Waals surface area (Å²) in [6, 6.07) is 19.3. The lowest BCUT2D eigenvalue weighted by Gasteiger charge is -2.25. The van der Waals surface area contributed by atoms with Gasteiger partial charge in [-0.15, -0.1) is 0 Å². The molecule has 0 saturated heterocycles. The molecule has 0 aliphatic heterocycles. The van der Waals surface area contributed by atoms with E-state index in [1.54, 1.807) is 6.92 Å². The van der Waals surface area contributed by atoms with Crippen LogP contribution in [0.15, 0.2) is 60.7 Å². The molecule has 0 bridgehead atoms. The lowest BCUT2D eigenvalue weighted by molar-refractivity contribution is -0.165. The number of aryl methyl sites for hydroxylation is 1. The Balaban J connectivity index is 1.93. The van der Waals surface area contributed by atoms with Crippen molar-refractivity contribution in [1.82, 2.24) is 0 Å². The van der Waals surface area contributed by atoms with Crippen molar-refractivity contribution in [1.29, 1.82) is 0 Å². The van der Waals surface area contributed by atoms with Gasteiger partial charge in [-0.2, -0.15) is 0 Å². The molecule has 0 heterocycles. The van der Waals surface area contributed by atoms with Gasteiger partial charge >= 0.3 is 11.9 Å². The second-order valence-corrected chi connectivity index (χ2v) is 6.45. The number of esters is 2. The number of nitrogens with two attached hydrogens (primary N) is 1. The molecule has 0 fully saturated rings. The van der Waals surface area contributed by atoms with Crippen molar-refractivity contribution in [2.45, 2.75) is 44.8 Å². The number of carbonyl (C=O) groups is 2. The lowest BCUT2D eigenvalue weighted by atomic mass is 9.92. The first kappa shape index (κ1) is 20.6. The Hall–Kier alpha value is -2.66. The molecule has 0 amide bonds. The molecule has 2 aromatic carbocycles. The number of rotatable bonds is 10. The van der Waals surface area contributed by atoms with E-state index in [2.05, 4.69) is 12.1 Å². The largest absolute Gasteiger partial charge is 0.464 e. The zero-order valence-corrected chi connectivity index (χ0v) is 15.7. The molecule has 0 aliphatic rings. The smallest absolute Gasteiger partial charge is 0.338 e. The summed E-state index contributed by atoms with van der Waals surface area (Å²) in [6.45, 7) is 1.92. The first-order valence-electron chi connectivity index (χ1n) is 9.27. The van der Waals surface area contributed by atoms with E-state index >= 15 is 0 Å². The Morgan fingerprint density at radius 2 is 1.41 bits per heavy atom. The van der Waals surface area contributed by atoms with Crippen LogP contribution in [0.1, 0.15) is 37.3 Å². The maximum absolute atomic E-state index is 12.6. The maximum atomic E-state index is 12.6. The van der Waals surface area contributed by atoms with E-state index in [-0.39, 0.29) is 19.6 Å². The summed E-state index contributed by atoms with van der Waals surface area (Å²) in [6.07, 6.45) is 2.48. The van der Waals surface area contributed by atoms with E-state index in [0.717, 1.165) is 18.4 Å². The van der Waals surface area contributed by atoms with E-state index in [1.165, 1.54) is 5.56 Å². The van der Waals surface area contributed by atoms with Crippen molar-refractivity contribution in [3.8, 4) is 0 Å². The fourth-order valence-electron chi connectivity index (χ4n) is 2.78. The topological polar surface area (TPSA) is 78.6 Å². The molecule has 5 nitrogen and oxygen atoms in total. The Morgan fingerprint density at radius 1 is 0.852 bits per heavy atom. The van der Waals surface area contributed by atoms with Crippen LogP contribution in [0, 0.1) is 0 Å². The minimum absolute atomic E-state index is 0.0715. The Kier molecular flexibility index (Phi) is 8.01. The Labute approximate surface area is 160 Å². The second-order valence-electron chi connectivity index (χ2n) is 6.45. The highest BCUT2D eigenvalue weighted by Gasteiger charge is 2.44. The monoisotopic (exact) mass is 369 g/mol. The number of hydrogen-bond donors (Lipinski definition) is 1. The van der Waals surface area contributed by atoms with Crippen molar-refractivity contribution in [2.24, 2.45) is 5.73 Å². The Bertz CT molecular complexity index is 718. The molecule has 0 aliphatic carbocycles. The van der Waals surface area contributed by atoms with Gasteiger partial charge in [0.05, 0.1) is 6.61 Å². The molecule has 2 N–H and O–H groups in total. The van der Waals surface area contributed by atoms with Gasteiger partial charge in [0.25, 0.3) is 0 Å². The highest BCUT2D eigenvalue weighted by atomic mass is 16.6. The molecule has 2 aromatic rings. The molecule has 144 valence electrons. The third kappa shape index (κ3) is 6.22. The van der Waals surface area contributed by atoms with Gasteiger partial charge in [-0.05, 0) is 37.3 Å². The van der Waals surface area contributed by atoms with Gasteiger partial charge in [0.2, 0.25) is 5.54 Å². The first-order valence-corrected chi connectivity index (χ1v) is 9.27. The normalized spacial score (nSPS) is 12.8. The summed E-state index contributed by atoms with van der Waals surface area (Å²) in [4.78, 5) is 24.9. The van der Waals surface area contributed by atoms with Crippen LogP contribution < -0.4 is 5.73 Å². The molecule has 5 heteroatoms.